The van der Waals surface area contributed by atoms with E-state index in [4.69, 9.17) is 11.2 Å². The minimum Gasteiger partial charge on any atom is -0.493 e. The van der Waals surface area contributed by atoms with Crippen LogP contribution in [0.25, 0.3) is 0 Å². The molecule has 0 saturated heterocycles. The number of hydrogen-bond acceptors (Lipinski definition) is 2. The summed E-state index contributed by atoms with van der Waals surface area (Å²) in [6, 6.07) is 6.10. The van der Waals surface area contributed by atoms with Crippen molar-refractivity contribution in [2.24, 2.45) is 0 Å². The van der Waals surface area contributed by atoms with Crippen molar-refractivity contribution in [1.29, 1.82) is 0 Å². The summed E-state index contributed by atoms with van der Waals surface area (Å²) in [6.45, 7) is 4.68. The van der Waals surface area contributed by atoms with Gasteiger partial charge in [-0.15, -0.1) is 12.3 Å². The van der Waals surface area contributed by atoms with Gasteiger partial charge in [0.1, 0.15) is 5.75 Å². The molecule has 0 spiro atoms. The Kier molecular flexibility index (Phi) is 7.55. The van der Waals surface area contributed by atoms with E-state index < -0.39 is 0 Å². The van der Waals surface area contributed by atoms with E-state index in [1.807, 2.05) is 12.1 Å². The standard InChI is InChI=1S/C15H20BrNO/c1-3-5-6-10-18-15-8-7-14(16)11-13(15)12-17-9-4-2/h1,7-8,11,17H,4-6,9-10,12H2,2H3. The predicted molar refractivity (Wildman–Crippen MR) is 79.7 cm³/mol. The molecule has 1 N–H and O–H groups in total. The zero-order valence-electron chi connectivity index (χ0n) is 10.8. The van der Waals surface area contributed by atoms with Gasteiger partial charge >= 0.3 is 0 Å². The van der Waals surface area contributed by atoms with Gasteiger partial charge in [0.2, 0.25) is 0 Å². The normalized spacial score (nSPS) is 10.1. The SMILES string of the molecule is C#CCCCOc1ccc(Br)cc1CNCCC. The molecule has 0 aliphatic carbocycles. The molecular formula is C15H20BrNO. The highest BCUT2D eigenvalue weighted by Crippen LogP contribution is 2.23. The van der Waals surface area contributed by atoms with Crippen molar-refractivity contribution in [2.75, 3.05) is 13.2 Å². The second-order valence-corrected chi connectivity index (χ2v) is 5.00. The summed E-state index contributed by atoms with van der Waals surface area (Å²) in [4.78, 5) is 0. The van der Waals surface area contributed by atoms with E-state index in [0.29, 0.717) is 6.61 Å². The first-order chi connectivity index (χ1) is 8.77. The van der Waals surface area contributed by atoms with Crippen LogP contribution in [0.4, 0.5) is 0 Å². The lowest BCUT2D eigenvalue weighted by Crippen LogP contribution is -2.14. The van der Waals surface area contributed by atoms with Crippen molar-refractivity contribution in [3.05, 3.63) is 28.2 Å². The number of unbranched alkanes of at least 4 members (excludes halogenated alkanes) is 1. The fourth-order valence-corrected chi connectivity index (χ4v) is 1.99. The monoisotopic (exact) mass is 309 g/mol. The second-order valence-electron chi connectivity index (χ2n) is 4.08. The highest BCUT2D eigenvalue weighted by atomic mass is 79.9. The number of terminal acetylenes is 1. The quantitative estimate of drug-likeness (QED) is 0.583. The highest BCUT2D eigenvalue weighted by molar-refractivity contribution is 9.10. The minimum atomic E-state index is 0.673. The van der Waals surface area contributed by atoms with Crippen LogP contribution >= 0.6 is 15.9 Å². The van der Waals surface area contributed by atoms with E-state index in [0.717, 1.165) is 42.6 Å². The molecule has 1 aromatic rings. The van der Waals surface area contributed by atoms with Crippen molar-refractivity contribution < 1.29 is 4.74 Å². The molecule has 18 heavy (non-hydrogen) atoms. The van der Waals surface area contributed by atoms with Crippen molar-refractivity contribution in [2.45, 2.75) is 32.7 Å². The molecule has 1 aromatic carbocycles. The largest absolute Gasteiger partial charge is 0.493 e. The average Bonchev–Trinajstić information content (AvgIpc) is 2.37. The number of ether oxygens (including phenoxy) is 1. The lowest BCUT2D eigenvalue weighted by Gasteiger charge is -2.12. The molecule has 0 fully saturated rings. The first-order valence-corrected chi connectivity index (χ1v) is 7.12. The van der Waals surface area contributed by atoms with Crippen LogP contribution in [0.5, 0.6) is 5.75 Å². The van der Waals surface area contributed by atoms with Crippen molar-refractivity contribution >= 4 is 15.9 Å². The summed E-state index contributed by atoms with van der Waals surface area (Å²) in [5, 5.41) is 3.39. The third-order valence-electron chi connectivity index (χ3n) is 2.49. The molecule has 3 heteroatoms. The van der Waals surface area contributed by atoms with Crippen molar-refractivity contribution in [1.82, 2.24) is 5.32 Å². The van der Waals surface area contributed by atoms with Crippen LogP contribution in [0.1, 0.15) is 31.7 Å². The minimum absolute atomic E-state index is 0.673. The van der Waals surface area contributed by atoms with E-state index in [9.17, 15) is 0 Å². The lowest BCUT2D eigenvalue weighted by atomic mass is 10.2. The summed E-state index contributed by atoms with van der Waals surface area (Å²) in [5.41, 5.74) is 1.18. The van der Waals surface area contributed by atoms with E-state index in [2.05, 4.69) is 40.2 Å². The molecule has 0 amide bonds. The van der Waals surface area contributed by atoms with Gasteiger partial charge in [0.15, 0.2) is 0 Å². The Morgan fingerprint density at radius 2 is 2.28 bits per heavy atom. The van der Waals surface area contributed by atoms with Crippen LogP contribution in [-0.2, 0) is 6.54 Å². The van der Waals surface area contributed by atoms with Gasteiger partial charge in [-0.3, -0.25) is 0 Å². The van der Waals surface area contributed by atoms with Gasteiger partial charge in [-0.05, 0) is 37.6 Å². The first-order valence-electron chi connectivity index (χ1n) is 6.33. The molecule has 0 atom stereocenters. The highest BCUT2D eigenvalue weighted by Gasteiger charge is 2.04. The van der Waals surface area contributed by atoms with Gasteiger partial charge < -0.3 is 10.1 Å². The van der Waals surface area contributed by atoms with Gasteiger partial charge in [-0.25, -0.2) is 0 Å². The molecule has 0 heterocycles. The summed E-state index contributed by atoms with van der Waals surface area (Å²) in [5.74, 6) is 3.56. The molecule has 98 valence electrons. The molecule has 0 radical (unpaired) electrons. The van der Waals surface area contributed by atoms with E-state index in [1.54, 1.807) is 0 Å². The van der Waals surface area contributed by atoms with Gasteiger partial charge in [0.05, 0.1) is 6.61 Å². The topological polar surface area (TPSA) is 21.3 Å². The van der Waals surface area contributed by atoms with Crippen molar-refractivity contribution in [3.63, 3.8) is 0 Å². The molecular weight excluding hydrogens is 290 g/mol. The average molecular weight is 310 g/mol. The van der Waals surface area contributed by atoms with E-state index in [-0.39, 0.29) is 0 Å². The molecule has 1 rings (SSSR count). The second kappa shape index (κ2) is 9.02. The fourth-order valence-electron chi connectivity index (χ4n) is 1.58. The van der Waals surface area contributed by atoms with Gasteiger partial charge in [-0.2, -0.15) is 0 Å². The summed E-state index contributed by atoms with van der Waals surface area (Å²) < 4.78 is 6.84. The Balaban J connectivity index is 2.56. The lowest BCUT2D eigenvalue weighted by molar-refractivity contribution is 0.309. The smallest absolute Gasteiger partial charge is 0.123 e. The Morgan fingerprint density at radius 1 is 1.44 bits per heavy atom. The summed E-state index contributed by atoms with van der Waals surface area (Å²) in [7, 11) is 0. The number of rotatable bonds is 8. The predicted octanol–water partition coefficient (Wildman–Crippen LogP) is 3.74. The number of nitrogens with one attached hydrogen (secondary N) is 1. The zero-order valence-corrected chi connectivity index (χ0v) is 12.4. The van der Waals surface area contributed by atoms with Gasteiger partial charge in [0, 0.05) is 23.0 Å². The Labute approximate surface area is 118 Å². The maximum atomic E-state index is 5.77. The third kappa shape index (κ3) is 5.57. The van der Waals surface area contributed by atoms with Crippen LogP contribution in [-0.4, -0.2) is 13.2 Å². The molecule has 0 saturated carbocycles. The maximum Gasteiger partial charge on any atom is 0.123 e. The molecule has 0 bridgehead atoms. The Hall–Kier alpha value is -0.980. The van der Waals surface area contributed by atoms with Crippen LogP contribution in [0.3, 0.4) is 0 Å². The maximum absolute atomic E-state index is 5.77. The first kappa shape index (κ1) is 15.1. The Morgan fingerprint density at radius 3 is 3.00 bits per heavy atom. The Bertz CT molecular complexity index is 398. The number of hydrogen-bond donors (Lipinski definition) is 1. The van der Waals surface area contributed by atoms with Crippen LogP contribution in [0, 0.1) is 12.3 Å². The van der Waals surface area contributed by atoms with Gasteiger partial charge in [0.25, 0.3) is 0 Å². The third-order valence-corrected chi connectivity index (χ3v) is 2.98. The zero-order chi connectivity index (χ0) is 13.2. The van der Waals surface area contributed by atoms with E-state index >= 15 is 0 Å². The molecule has 2 nitrogen and oxygen atoms in total. The molecule has 0 aliphatic heterocycles. The molecule has 0 aliphatic rings. The van der Waals surface area contributed by atoms with E-state index in [1.165, 1.54) is 5.56 Å². The van der Waals surface area contributed by atoms with Gasteiger partial charge in [-0.1, -0.05) is 22.9 Å². The number of benzene rings is 1. The summed E-state index contributed by atoms with van der Waals surface area (Å²) in [6.07, 6.45) is 8.01. The van der Waals surface area contributed by atoms with Crippen LogP contribution in [0.2, 0.25) is 0 Å². The molecule has 0 aromatic heterocycles. The van der Waals surface area contributed by atoms with Crippen molar-refractivity contribution in [3.8, 4) is 18.1 Å². The number of halogens is 1. The van der Waals surface area contributed by atoms with Crippen LogP contribution in [0.15, 0.2) is 22.7 Å². The van der Waals surface area contributed by atoms with Crippen LogP contribution < -0.4 is 10.1 Å². The fraction of sp³-hybridized carbons (Fsp3) is 0.467. The molecule has 0 unspecified atom stereocenters. The summed E-state index contributed by atoms with van der Waals surface area (Å²) >= 11 is 3.49.